The Morgan fingerprint density at radius 2 is 1.91 bits per heavy atom. The molecule has 2 aromatic rings. The van der Waals surface area contributed by atoms with Gasteiger partial charge in [-0.15, -0.1) is 10.2 Å². The van der Waals surface area contributed by atoms with Crippen LogP contribution in [0.5, 0.6) is 0 Å². The highest BCUT2D eigenvalue weighted by Crippen LogP contribution is 2.20. The number of hydrogen-bond donors (Lipinski definition) is 1. The van der Waals surface area contributed by atoms with Gasteiger partial charge in [0, 0.05) is 23.8 Å². The lowest BCUT2D eigenvalue weighted by atomic mass is 10.2. The van der Waals surface area contributed by atoms with Crippen molar-refractivity contribution in [2.45, 2.75) is 20.8 Å². The fourth-order valence-corrected chi connectivity index (χ4v) is 2.34. The van der Waals surface area contributed by atoms with Gasteiger partial charge >= 0.3 is 0 Å². The Morgan fingerprint density at radius 3 is 2.45 bits per heavy atom. The van der Waals surface area contributed by atoms with Gasteiger partial charge in [0.2, 0.25) is 0 Å². The maximum Gasteiger partial charge on any atom is 0.276 e. The number of amides is 1. The van der Waals surface area contributed by atoms with Gasteiger partial charge in [-0.3, -0.25) is 4.79 Å². The number of carbonyl (C=O) groups is 1. The van der Waals surface area contributed by atoms with Crippen molar-refractivity contribution in [1.29, 1.82) is 0 Å². The molecule has 0 aliphatic carbocycles. The number of hydrogen-bond acceptors (Lipinski definition) is 4. The molecule has 22 heavy (non-hydrogen) atoms. The Morgan fingerprint density at radius 1 is 1.18 bits per heavy atom. The van der Waals surface area contributed by atoms with Gasteiger partial charge in [-0.1, -0.05) is 11.6 Å². The Balaban J connectivity index is 2.13. The molecule has 116 valence electrons. The summed E-state index contributed by atoms with van der Waals surface area (Å²) >= 11 is 5.91. The molecule has 0 bridgehead atoms. The summed E-state index contributed by atoms with van der Waals surface area (Å²) in [6.07, 6.45) is 0. The van der Waals surface area contributed by atoms with Gasteiger partial charge in [-0.2, -0.15) is 0 Å². The molecule has 0 saturated carbocycles. The van der Waals surface area contributed by atoms with Crippen molar-refractivity contribution >= 4 is 29.0 Å². The molecule has 0 unspecified atom stereocenters. The first-order valence-corrected chi connectivity index (χ1v) is 7.59. The van der Waals surface area contributed by atoms with E-state index in [4.69, 9.17) is 11.6 Å². The predicted molar refractivity (Wildman–Crippen MR) is 89.7 cm³/mol. The minimum absolute atomic E-state index is 0.283. The third-order valence-electron chi connectivity index (χ3n) is 3.41. The summed E-state index contributed by atoms with van der Waals surface area (Å²) in [5, 5.41) is 11.6. The molecule has 2 rings (SSSR count). The third-order valence-corrected chi connectivity index (χ3v) is 3.64. The summed E-state index contributed by atoms with van der Waals surface area (Å²) in [7, 11) is 0. The van der Waals surface area contributed by atoms with Crippen molar-refractivity contribution in [3.05, 3.63) is 46.6 Å². The third kappa shape index (κ3) is 3.74. The van der Waals surface area contributed by atoms with Gasteiger partial charge in [0.25, 0.3) is 5.91 Å². The molecule has 0 atom stereocenters. The van der Waals surface area contributed by atoms with Crippen LogP contribution in [0.2, 0.25) is 5.02 Å². The Kier molecular flexibility index (Phi) is 5.33. The van der Waals surface area contributed by atoms with Crippen LogP contribution in [0.1, 0.15) is 29.9 Å². The van der Waals surface area contributed by atoms with Crippen LogP contribution in [0.25, 0.3) is 0 Å². The van der Waals surface area contributed by atoms with Gasteiger partial charge in [0.05, 0.1) is 0 Å². The molecule has 1 amide bonds. The summed E-state index contributed by atoms with van der Waals surface area (Å²) in [6, 6.07) is 8.80. The van der Waals surface area contributed by atoms with Crippen LogP contribution < -0.4 is 10.2 Å². The number of nitrogens with zero attached hydrogens (tertiary/aromatic N) is 3. The first-order chi connectivity index (χ1) is 10.5. The lowest BCUT2D eigenvalue weighted by molar-refractivity contribution is 0.102. The largest absolute Gasteiger partial charge is 0.356 e. The monoisotopic (exact) mass is 318 g/mol. The molecule has 0 fully saturated rings. The molecular formula is C16H19ClN4O. The number of benzene rings is 1. The average molecular weight is 319 g/mol. The van der Waals surface area contributed by atoms with Crippen LogP contribution in [0.4, 0.5) is 11.5 Å². The maximum atomic E-state index is 12.2. The molecule has 1 N–H and O–H groups in total. The Bertz CT molecular complexity index is 654. The highest BCUT2D eigenvalue weighted by atomic mass is 35.5. The highest BCUT2D eigenvalue weighted by Gasteiger charge is 2.11. The summed E-state index contributed by atoms with van der Waals surface area (Å²) < 4.78 is 0. The zero-order valence-corrected chi connectivity index (χ0v) is 13.7. The van der Waals surface area contributed by atoms with Gasteiger partial charge < -0.3 is 10.2 Å². The lowest BCUT2D eigenvalue weighted by Crippen LogP contribution is -2.24. The standard InChI is InChI=1S/C16H19ClN4O/c1-4-21(5-2)15-9-8-14(19-20-15)16(22)18-13-7-6-12(17)10-11(13)3/h6-10H,4-5H2,1-3H3,(H,18,22). The SMILES string of the molecule is CCN(CC)c1ccc(C(=O)Nc2ccc(Cl)cc2C)nn1. The summed E-state index contributed by atoms with van der Waals surface area (Å²) in [5.41, 5.74) is 1.89. The first kappa shape index (κ1) is 16.2. The molecule has 1 aromatic carbocycles. The Labute approximate surface area is 135 Å². The number of carbonyl (C=O) groups excluding carboxylic acids is 1. The van der Waals surface area contributed by atoms with E-state index < -0.39 is 0 Å². The Hall–Kier alpha value is -2.14. The van der Waals surface area contributed by atoms with E-state index in [0.29, 0.717) is 10.7 Å². The average Bonchev–Trinajstić information content (AvgIpc) is 2.52. The second kappa shape index (κ2) is 7.22. The number of aryl methyl sites for hydroxylation is 1. The number of anilines is 2. The van der Waals surface area contributed by atoms with Crippen molar-refractivity contribution < 1.29 is 4.79 Å². The second-order valence-corrected chi connectivity index (χ2v) is 5.30. The van der Waals surface area contributed by atoms with Gasteiger partial charge in [0.15, 0.2) is 11.5 Å². The summed E-state index contributed by atoms with van der Waals surface area (Å²) in [5.74, 6) is 0.480. The second-order valence-electron chi connectivity index (χ2n) is 4.86. The quantitative estimate of drug-likeness (QED) is 0.916. The van der Waals surface area contributed by atoms with E-state index in [1.54, 1.807) is 24.3 Å². The summed E-state index contributed by atoms with van der Waals surface area (Å²) in [6.45, 7) is 7.68. The van der Waals surface area contributed by atoms with E-state index in [0.717, 1.165) is 24.5 Å². The van der Waals surface area contributed by atoms with Crippen molar-refractivity contribution in [1.82, 2.24) is 10.2 Å². The zero-order chi connectivity index (χ0) is 16.1. The van der Waals surface area contributed by atoms with Crippen LogP contribution in [-0.4, -0.2) is 29.2 Å². The summed E-state index contributed by atoms with van der Waals surface area (Å²) in [4.78, 5) is 14.3. The van der Waals surface area contributed by atoms with E-state index >= 15 is 0 Å². The molecule has 5 nitrogen and oxygen atoms in total. The first-order valence-electron chi connectivity index (χ1n) is 7.21. The van der Waals surface area contributed by atoms with Crippen LogP contribution in [0, 0.1) is 6.92 Å². The van der Waals surface area contributed by atoms with Gasteiger partial charge in [-0.05, 0) is 56.7 Å². The van der Waals surface area contributed by atoms with Gasteiger partial charge in [0.1, 0.15) is 0 Å². The molecule has 0 saturated heterocycles. The molecule has 0 radical (unpaired) electrons. The number of nitrogens with one attached hydrogen (secondary N) is 1. The number of aromatic nitrogens is 2. The number of rotatable bonds is 5. The molecule has 0 spiro atoms. The normalized spacial score (nSPS) is 10.4. The van der Waals surface area contributed by atoms with E-state index in [9.17, 15) is 4.79 Å². The molecular weight excluding hydrogens is 300 g/mol. The highest BCUT2D eigenvalue weighted by molar-refractivity contribution is 6.30. The van der Waals surface area contributed by atoms with Crippen molar-refractivity contribution in [2.75, 3.05) is 23.3 Å². The fourth-order valence-electron chi connectivity index (χ4n) is 2.12. The zero-order valence-electron chi connectivity index (χ0n) is 12.9. The fraction of sp³-hybridized carbons (Fsp3) is 0.312. The molecule has 6 heteroatoms. The van der Waals surface area contributed by atoms with Crippen molar-refractivity contribution in [3.8, 4) is 0 Å². The van der Waals surface area contributed by atoms with E-state index in [2.05, 4.69) is 34.3 Å². The van der Waals surface area contributed by atoms with Crippen molar-refractivity contribution in [2.24, 2.45) is 0 Å². The van der Waals surface area contributed by atoms with Gasteiger partial charge in [-0.25, -0.2) is 0 Å². The predicted octanol–water partition coefficient (Wildman–Crippen LogP) is 3.54. The van der Waals surface area contributed by atoms with Crippen LogP contribution in [0.15, 0.2) is 30.3 Å². The molecule has 0 aliphatic rings. The van der Waals surface area contributed by atoms with E-state index in [-0.39, 0.29) is 11.6 Å². The molecule has 1 heterocycles. The van der Waals surface area contributed by atoms with E-state index in [1.807, 2.05) is 13.0 Å². The smallest absolute Gasteiger partial charge is 0.276 e. The molecule has 0 aliphatic heterocycles. The maximum absolute atomic E-state index is 12.2. The lowest BCUT2D eigenvalue weighted by Gasteiger charge is -2.18. The van der Waals surface area contributed by atoms with Crippen LogP contribution >= 0.6 is 11.6 Å². The minimum atomic E-state index is -0.288. The number of halogens is 1. The van der Waals surface area contributed by atoms with Crippen LogP contribution in [-0.2, 0) is 0 Å². The van der Waals surface area contributed by atoms with E-state index in [1.165, 1.54) is 0 Å². The minimum Gasteiger partial charge on any atom is -0.356 e. The van der Waals surface area contributed by atoms with Crippen LogP contribution in [0.3, 0.4) is 0 Å². The van der Waals surface area contributed by atoms with Crippen molar-refractivity contribution in [3.63, 3.8) is 0 Å². The molecule has 1 aromatic heterocycles. The topological polar surface area (TPSA) is 58.1 Å².